The summed E-state index contributed by atoms with van der Waals surface area (Å²) in [6.07, 6.45) is 0. The molecule has 0 spiro atoms. The van der Waals surface area contributed by atoms with Gasteiger partial charge in [0.2, 0.25) is 0 Å². The molecule has 1 aliphatic rings. The van der Waals surface area contributed by atoms with E-state index in [0.717, 1.165) is 16.9 Å². The van der Waals surface area contributed by atoms with Gasteiger partial charge in [0.1, 0.15) is 11.1 Å². The summed E-state index contributed by atoms with van der Waals surface area (Å²) in [6.45, 7) is 2.91. The minimum atomic E-state index is -0.604. The smallest absolute Gasteiger partial charge is 0.349 e. The Morgan fingerprint density at radius 1 is 0.968 bits per heavy atom. The number of nitrogens with zero attached hydrogens (tertiary/aromatic N) is 6. The van der Waals surface area contributed by atoms with E-state index in [1.54, 1.807) is 27.8 Å². The van der Waals surface area contributed by atoms with Crippen LogP contribution in [0, 0.1) is 0 Å². The molecule has 0 atom stereocenters. The highest BCUT2D eigenvalue weighted by Gasteiger charge is 2.26. The number of tetrazole rings is 1. The van der Waals surface area contributed by atoms with Crippen LogP contribution in [0.2, 0.25) is 0 Å². The number of para-hydroxylation sites is 2. The fraction of sp³-hybridized carbons (Fsp3) is 0.227. The molecule has 0 unspecified atom stereocenters. The topological polar surface area (TPSA) is 97.4 Å². The molecular weight excluding hydrogens is 396 g/mol. The van der Waals surface area contributed by atoms with Gasteiger partial charge in [0, 0.05) is 31.6 Å². The van der Waals surface area contributed by atoms with Crippen molar-refractivity contribution in [1.29, 1.82) is 0 Å². The molecule has 0 aliphatic carbocycles. The van der Waals surface area contributed by atoms with Crippen molar-refractivity contribution in [2.75, 3.05) is 26.2 Å². The highest BCUT2D eigenvalue weighted by molar-refractivity contribution is 5.96. The lowest BCUT2D eigenvalue weighted by Crippen LogP contribution is -2.49. The normalized spacial score (nSPS) is 14.8. The van der Waals surface area contributed by atoms with E-state index in [1.165, 1.54) is 0 Å². The van der Waals surface area contributed by atoms with Crippen molar-refractivity contribution in [1.82, 2.24) is 30.0 Å². The largest absolute Gasteiger partial charge is 0.422 e. The van der Waals surface area contributed by atoms with Crippen molar-refractivity contribution in [3.8, 4) is 5.69 Å². The maximum atomic E-state index is 12.9. The molecule has 1 saturated heterocycles. The van der Waals surface area contributed by atoms with Gasteiger partial charge in [-0.2, -0.15) is 4.68 Å². The quantitative estimate of drug-likeness (QED) is 0.467. The monoisotopic (exact) mass is 416 g/mol. The van der Waals surface area contributed by atoms with Crippen molar-refractivity contribution < 1.29 is 9.21 Å². The van der Waals surface area contributed by atoms with Crippen LogP contribution in [-0.2, 0) is 6.54 Å². The summed E-state index contributed by atoms with van der Waals surface area (Å²) in [4.78, 5) is 29.1. The van der Waals surface area contributed by atoms with Gasteiger partial charge >= 0.3 is 5.63 Å². The molecule has 0 radical (unpaired) electrons. The first-order chi connectivity index (χ1) is 15.2. The molecule has 4 aromatic rings. The molecule has 156 valence electrons. The standard InChI is InChI=1S/C22H20N6O3/c29-21(18-14-16-6-4-5-9-19(16)31-22(18)30)27-12-10-26(11-13-27)15-20-23-24-25-28(20)17-7-2-1-3-8-17/h1-9,14H,10-13,15H2. The van der Waals surface area contributed by atoms with Crippen LogP contribution in [0.1, 0.15) is 16.2 Å². The Hall–Kier alpha value is -3.85. The maximum absolute atomic E-state index is 12.9. The van der Waals surface area contributed by atoms with Gasteiger partial charge in [0.25, 0.3) is 5.91 Å². The predicted molar refractivity (Wildman–Crippen MR) is 113 cm³/mol. The van der Waals surface area contributed by atoms with Gasteiger partial charge < -0.3 is 9.32 Å². The zero-order valence-corrected chi connectivity index (χ0v) is 16.7. The SMILES string of the molecule is O=C(c1cc2ccccc2oc1=O)N1CCN(Cc2nnnn2-c2ccccc2)CC1. The summed E-state index contributed by atoms with van der Waals surface area (Å²) < 4.78 is 7.03. The van der Waals surface area contributed by atoms with Crippen LogP contribution in [0.15, 0.2) is 69.9 Å². The molecule has 0 saturated carbocycles. The molecule has 3 heterocycles. The third-order valence-corrected chi connectivity index (χ3v) is 5.43. The number of rotatable bonds is 4. The lowest BCUT2D eigenvalue weighted by molar-refractivity contribution is 0.0620. The molecule has 1 fully saturated rings. The Balaban J connectivity index is 1.26. The molecule has 1 aliphatic heterocycles. The molecule has 2 aromatic heterocycles. The third kappa shape index (κ3) is 3.82. The molecule has 0 N–H and O–H groups in total. The molecule has 9 heteroatoms. The van der Waals surface area contributed by atoms with E-state index in [2.05, 4.69) is 20.4 Å². The Bertz CT molecular complexity index is 1280. The number of carbonyl (C=O) groups is 1. The fourth-order valence-corrected chi connectivity index (χ4v) is 3.76. The zero-order chi connectivity index (χ0) is 21.2. The van der Waals surface area contributed by atoms with Crippen LogP contribution in [0.25, 0.3) is 16.7 Å². The second kappa shape index (κ2) is 8.11. The lowest BCUT2D eigenvalue weighted by atomic mass is 10.1. The van der Waals surface area contributed by atoms with E-state index in [-0.39, 0.29) is 11.5 Å². The lowest BCUT2D eigenvalue weighted by Gasteiger charge is -2.34. The Labute approximate surface area is 177 Å². The second-order valence-corrected chi connectivity index (χ2v) is 7.40. The molecule has 9 nitrogen and oxygen atoms in total. The number of amides is 1. The molecule has 5 rings (SSSR count). The van der Waals surface area contributed by atoms with Crippen LogP contribution >= 0.6 is 0 Å². The van der Waals surface area contributed by atoms with Crippen molar-refractivity contribution in [3.63, 3.8) is 0 Å². The van der Waals surface area contributed by atoms with Gasteiger partial charge in [-0.05, 0) is 34.7 Å². The fourth-order valence-electron chi connectivity index (χ4n) is 3.76. The highest BCUT2D eigenvalue weighted by Crippen LogP contribution is 2.16. The minimum absolute atomic E-state index is 0.0696. The van der Waals surface area contributed by atoms with Crippen LogP contribution in [0.5, 0.6) is 0 Å². The van der Waals surface area contributed by atoms with Crippen LogP contribution in [0.4, 0.5) is 0 Å². The summed E-state index contributed by atoms with van der Waals surface area (Å²) in [6, 6.07) is 18.5. The average Bonchev–Trinajstić information content (AvgIpc) is 3.27. The van der Waals surface area contributed by atoms with Crippen LogP contribution in [0.3, 0.4) is 0 Å². The first-order valence-corrected chi connectivity index (χ1v) is 10.1. The number of fused-ring (bicyclic) bond motifs is 1. The van der Waals surface area contributed by atoms with Crippen molar-refractivity contribution in [3.05, 3.63) is 82.5 Å². The number of carbonyl (C=O) groups excluding carboxylic acids is 1. The summed E-state index contributed by atoms with van der Waals surface area (Å²) in [5.74, 6) is 0.439. The van der Waals surface area contributed by atoms with Gasteiger partial charge in [-0.1, -0.05) is 36.4 Å². The first kappa shape index (κ1) is 19.1. The van der Waals surface area contributed by atoms with Crippen molar-refractivity contribution >= 4 is 16.9 Å². The van der Waals surface area contributed by atoms with E-state index in [9.17, 15) is 9.59 Å². The van der Waals surface area contributed by atoms with Crippen LogP contribution in [-0.4, -0.2) is 62.1 Å². The number of hydrogen-bond donors (Lipinski definition) is 0. The van der Waals surface area contributed by atoms with Crippen LogP contribution < -0.4 is 5.63 Å². The number of aromatic nitrogens is 4. The van der Waals surface area contributed by atoms with Gasteiger partial charge in [0.15, 0.2) is 5.82 Å². The first-order valence-electron chi connectivity index (χ1n) is 10.1. The molecule has 1 amide bonds. The van der Waals surface area contributed by atoms with E-state index in [1.807, 2.05) is 42.5 Å². The maximum Gasteiger partial charge on any atom is 0.349 e. The number of piperazine rings is 1. The Morgan fingerprint density at radius 3 is 2.52 bits per heavy atom. The third-order valence-electron chi connectivity index (χ3n) is 5.43. The van der Waals surface area contributed by atoms with Gasteiger partial charge in [0.05, 0.1) is 12.2 Å². The summed E-state index contributed by atoms with van der Waals surface area (Å²) in [5, 5.41) is 12.8. The molecular formula is C22H20N6O3. The van der Waals surface area contributed by atoms with E-state index in [0.29, 0.717) is 38.3 Å². The van der Waals surface area contributed by atoms with Crippen molar-refractivity contribution in [2.24, 2.45) is 0 Å². The molecule has 0 bridgehead atoms. The highest BCUT2D eigenvalue weighted by atomic mass is 16.4. The van der Waals surface area contributed by atoms with Gasteiger partial charge in [-0.25, -0.2) is 4.79 Å². The molecule has 2 aromatic carbocycles. The second-order valence-electron chi connectivity index (χ2n) is 7.40. The van der Waals surface area contributed by atoms with Gasteiger partial charge in [-0.3, -0.25) is 9.69 Å². The minimum Gasteiger partial charge on any atom is -0.422 e. The van der Waals surface area contributed by atoms with E-state index < -0.39 is 5.63 Å². The predicted octanol–water partition coefficient (Wildman–Crippen LogP) is 1.73. The Kier molecular flexibility index (Phi) is 5.01. The number of benzene rings is 2. The average molecular weight is 416 g/mol. The van der Waals surface area contributed by atoms with E-state index >= 15 is 0 Å². The number of hydrogen-bond acceptors (Lipinski definition) is 7. The molecule has 31 heavy (non-hydrogen) atoms. The zero-order valence-electron chi connectivity index (χ0n) is 16.7. The Morgan fingerprint density at radius 2 is 1.71 bits per heavy atom. The van der Waals surface area contributed by atoms with Crippen molar-refractivity contribution in [2.45, 2.75) is 6.54 Å². The van der Waals surface area contributed by atoms with E-state index in [4.69, 9.17) is 4.42 Å². The summed E-state index contributed by atoms with van der Waals surface area (Å²) in [7, 11) is 0. The summed E-state index contributed by atoms with van der Waals surface area (Å²) in [5.41, 5.74) is 0.845. The van der Waals surface area contributed by atoms with Gasteiger partial charge in [-0.15, -0.1) is 5.10 Å². The summed E-state index contributed by atoms with van der Waals surface area (Å²) >= 11 is 0.